The van der Waals surface area contributed by atoms with E-state index in [9.17, 15) is 0 Å². The molecule has 2 heterocycles. The highest BCUT2D eigenvalue weighted by atomic mass is 35.5. The number of hydrogen-bond donors (Lipinski definition) is 2. The van der Waals surface area contributed by atoms with Crippen LogP contribution in [-0.2, 0) is 19.9 Å². The molecule has 0 saturated carbocycles. The van der Waals surface area contributed by atoms with E-state index in [1.54, 1.807) is 11.3 Å². The number of rotatable bonds is 5. The molecule has 2 rings (SSSR count). The van der Waals surface area contributed by atoms with E-state index in [0.29, 0.717) is 0 Å². The molecule has 0 spiro atoms. The van der Waals surface area contributed by atoms with Crippen molar-refractivity contribution in [3.8, 4) is 0 Å². The molecule has 0 fully saturated rings. The molecule has 0 aliphatic rings. The minimum absolute atomic E-state index is 0.0915. The molecule has 0 aliphatic carbocycles. The van der Waals surface area contributed by atoms with Gasteiger partial charge in [0.15, 0.2) is 0 Å². The zero-order valence-electron chi connectivity index (χ0n) is 11.3. The molecule has 19 heavy (non-hydrogen) atoms. The predicted octanol–water partition coefficient (Wildman–Crippen LogP) is 1.76. The van der Waals surface area contributed by atoms with Crippen LogP contribution in [0.25, 0.3) is 0 Å². The van der Waals surface area contributed by atoms with Crippen LogP contribution in [0.15, 0.2) is 5.38 Å². The minimum Gasteiger partial charge on any atom is -0.271 e. The van der Waals surface area contributed by atoms with Gasteiger partial charge in [-0.2, -0.15) is 5.10 Å². The van der Waals surface area contributed by atoms with E-state index in [0.717, 1.165) is 40.0 Å². The average molecular weight is 300 g/mol. The molecular weight excluding hydrogens is 282 g/mol. The van der Waals surface area contributed by atoms with Gasteiger partial charge in [-0.25, -0.2) is 4.98 Å². The van der Waals surface area contributed by atoms with Crippen LogP contribution < -0.4 is 11.3 Å². The van der Waals surface area contributed by atoms with E-state index in [1.807, 2.05) is 25.6 Å². The second kappa shape index (κ2) is 6.00. The van der Waals surface area contributed by atoms with Gasteiger partial charge in [-0.15, -0.1) is 11.3 Å². The average Bonchev–Trinajstić information content (AvgIpc) is 2.87. The standard InChI is InChI=1S/C12H18ClN5S/c1-7-12(13)11(18(3)17-7)5-9(16-14)4-10-6-19-8(2)15-10/h6,9,16H,4-5,14H2,1-3H3. The van der Waals surface area contributed by atoms with Crippen molar-refractivity contribution in [1.82, 2.24) is 20.2 Å². The normalized spacial score (nSPS) is 12.9. The summed E-state index contributed by atoms with van der Waals surface area (Å²) in [6.07, 6.45) is 1.50. The van der Waals surface area contributed by atoms with Gasteiger partial charge in [-0.1, -0.05) is 11.6 Å². The van der Waals surface area contributed by atoms with E-state index in [1.165, 1.54) is 0 Å². The number of nitrogens with two attached hydrogens (primary N) is 1. The van der Waals surface area contributed by atoms with Gasteiger partial charge < -0.3 is 0 Å². The summed E-state index contributed by atoms with van der Waals surface area (Å²) >= 11 is 7.91. The van der Waals surface area contributed by atoms with Gasteiger partial charge in [0, 0.05) is 31.3 Å². The summed E-state index contributed by atoms with van der Waals surface area (Å²) in [7, 11) is 1.90. The summed E-state index contributed by atoms with van der Waals surface area (Å²) in [6, 6.07) is 0.0915. The molecule has 7 heteroatoms. The molecule has 2 aromatic rings. The third kappa shape index (κ3) is 3.33. The highest BCUT2D eigenvalue weighted by Gasteiger charge is 2.17. The third-order valence-corrected chi connectivity index (χ3v) is 4.37. The largest absolute Gasteiger partial charge is 0.271 e. The van der Waals surface area contributed by atoms with Crippen molar-refractivity contribution in [2.75, 3.05) is 0 Å². The Balaban J connectivity index is 2.10. The highest BCUT2D eigenvalue weighted by Crippen LogP contribution is 2.21. The van der Waals surface area contributed by atoms with E-state index in [2.05, 4.69) is 20.9 Å². The molecule has 0 bridgehead atoms. The molecule has 104 valence electrons. The summed E-state index contributed by atoms with van der Waals surface area (Å²) in [5.74, 6) is 5.64. The van der Waals surface area contributed by atoms with Gasteiger partial charge in [0.1, 0.15) is 0 Å². The predicted molar refractivity (Wildman–Crippen MR) is 78.3 cm³/mol. The first-order chi connectivity index (χ1) is 9.01. The van der Waals surface area contributed by atoms with Crippen molar-refractivity contribution in [1.29, 1.82) is 0 Å². The Bertz CT molecular complexity index is 562. The maximum absolute atomic E-state index is 6.26. The molecule has 0 aromatic carbocycles. The molecule has 1 unspecified atom stereocenters. The summed E-state index contributed by atoms with van der Waals surface area (Å²) in [5.41, 5.74) is 5.73. The van der Waals surface area contributed by atoms with Gasteiger partial charge in [0.05, 0.1) is 27.1 Å². The Morgan fingerprint density at radius 2 is 2.21 bits per heavy atom. The van der Waals surface area contributed by atoms with Crippen molar-refractivity contribution in [2.45, 2.75) is 32.7 Å². The van der Waals surface area contributed by atoms with Gasteiger partial charge in [0.2, 0.25) is 0 Å². The maximum atomic E-state index is 6.26. The second-order valence-electron chi connectivity index (χ2n) is 4.60. The zero-order chi connectivity index (χ0) is 14.0. The SMILES string of the molecule is Cc1nc(CC(Cc2c(Cl)c(C)nn2C)NN)cs1. The Labute approximate surface area is 121 Å². The van der Waals surface area contributed by atoms with Crippen LogP contribution in [0.3, 0.4) is 0 Å². The number of halogens is 1. The number of nitrogens with one attached hydrogen (secondary N) is 1. The quantitative estimate of drug-likeness (QED) is 0.652. The first-order valence-electron chi connectivity index (χ1n) is 6.06. The molecule has 2 aromatic heterocycles. The van der Waals surface area contributed by atoms with Crippen LogP contribution in [0.4, 0.5) is 0 Å². The Morgan fingerprint density at radius 1 is 1.47 bits per heavy atom. The summed E-state index contributed by atoms with van der Waals surface area (Å²) in [6.45, 7) is 3.90. The fourth-order valence-corrected chi connectivity index (χ4v) is 2.94. The summed E-state index contributed by atoms with van der Waals surface area (Å²) in [5, 5.41) is 8.17. The molecule has 5 nitrogen and oxygen atoms in total. The third-order valence-electron chi connectivity index (χ3n) is 3.06. The maximum Gasteiger partial charge on any atom is 0.0897 e. The molecule has 1 atom stereocenters. The first kappa shape index (κ1) is 14.5. The van der Waals surface area contributed by atoms with Gasteiger partial charge >= 0.3 is 0 Å². The van der Waals surface area contributed by atoms with Gasteiger partial charge in [-0.05, 0) is 13.8 Å². The zero-order valence-corrected chi connectivity index (χ0v) is 12.8. The monoisotopic (exact) mass is 299 g/mol. The number of hydrazine groups is 1. The Morgan fingerprint density at radius 3 is 2.68 bits per heavy atom. The topological polar surface area (TPSA) is 68.8 Å². The number of hydrogen-bond acceptors (Lipinski definition) is 5. The molecule has 0 aliphatic heterocycles. The lowest BCUT2D eigenvalue weighted by molar-refractivity contribution is 0.501. The van der Waals surface area contributed by atoms with Gasteiger partial charge in [-0.3, -0.25) is 16.0 Å². The Hall–Kier alpha value is -0.950. The van der Waals surface area contributed by atoms with Crippen LogP contribution in [0.5, 0.6) is 0 Å². The van der Waals surface area contributed by atoms with E-state index >= 15 is 0 Å². The number of aryl methyl sites for hydroxylation is 3. The highest BCUT2D eigenvalue weighted by molar-refractivity contribution is 7.09. The van der Waals surface area contributed by atoms with Crippen LogP contribution in [-0.4, -0.2) is 20.8 Å². The van der Waals surface area contributed by atoms with Crippen LogP contribution in [0.1, 0.15) is 22.1 Å². The number of thiazole rings is 1. The lowest BCUT2D eigenvalue weighted by Gasteiger charge is -2.15. The smallest absolute Gasteiger partial charge is 0.0897 e. The van der Waals surface area contributed by atoms with Gasteiger partial charge in [0.25, 0.3) is 0 Å². The van der Waals surface area contributed by atoms with E-state index < -0.39 is 0 Å². The van der Waals surface area contributed by atoms with Crippen LogP contribution in [0.2, 0.25) is 5.02 Å². The molecular formula is C12H18ClN5S. The molecule has 0 amide bonds. The van der Waals surface area contributed by atoms with Crippen LogP contribution in [0, 0.1) is 13.8 Å². The van der Waals surface area contributed by atoms with Crippen molar-refractivity contribution in [3.05, 3.63) is 32.5 Å². The van der Waals surface area contributed by atoms with Crippen LogP contribution >= 0.6 is 22.9 Å². The second-order valence-corrected chi connectivity index (χ2v) is 6.04. The lowest BCUT2D eigenvalue weighted by atomic mass is 10.1. The fraction of sp³-hybridized carbons (Fsp3) is 0.500. The number of nitrogens with zero attached hydrogens (tertiary/aromatic N) is 3. The van der Waals surface area contributed by atoms with Crippen molar-refractivity contribution in [3.63, 3.8) is 0 Å². The molecule has 0 radical (unpaired) electrons. The van der Waals surface area contributed by atoms with Crippen molar-refractivity contribution in [2.24, 2.45) is 12.9 Å². The summed E-state index contributed by atoms with van der Waals surface area (Å²) < 4.78 is 1.81. The Kier molecular flexibility index (Phi) is 4.57. The number of aromatic nitrogens is 3. The first-order valence-corrected chi connectivity index (χ1v) is 7.32. The van der Waals surface area contributed by atoms with Crippen molar-refractivity contribution >= 4 is 22.9 Å². The minimum atomic E-state index is 0.0915. The van der Waals surface area contributed by atoms with E-state index in [-0.39, 0.29) is 6.04 Å². The fourth-order valence-electron chi connectivity index (χ4n) is 2.08. The van der Waals surface area contributed by atoms with E-state index in [4.69, 9.17) is 17.4 Å². The lowest BCUT2D eigenvalue weighted by Crippen LogP contribution is -2.39. The summed E-state index contributed by atoms with van der Waals surface area (Å²) in [4.78, 5) is 4.46. The van der Waals surface area contributed by atoms with Crippen molar-refractivity contribution < 1.29 is 0 Å². The molecule has 0 saturated heterocycles. The molecule has 3 N–H and O–H groups in total.